The normalized spacial score (nSPS) is 19.7. The van der Waals surface area contributed by atoms with Gasteiger partial charge < -0.3 is 20.6 Å². The van der Waals surface area contributed by atoms with Crippen LogP contribution < -0.4 is 10.6 Å². The van der Waals surface area contributed by atoms with Gasteiger partial charge in [-0.3, -0.25) is 9.69 Å². The fourth-order valence-electron chi connectivity index (χ4n) is 4.43. The third-order valence-electron chi connectivity index (χ3n) is 6.56. The monoisotopic (exact) mass is 438 g/mol. The van der Waals surface area contributed by atoms with Crippen molar-refractivity contribution in [2.75, 3.05) is 38.5 Å². The van der Waals surface area contributed by atoms with Gasteiger partial charge in [-0.1, -0.05) is 24.3 Å². The molecule has 3 heterocycles. The van der Waals surface area contributed by atoms with Crippen molar-refractivity contribution >= 4 is 11.7 Å². The zero-order valence-electron chi connectivity index (χ0n) is 19.0. The first-order valence-electron chi connectivity index (χ1n) is 11.5. The van der Waals surface area contributed by atoms with E-state index in [1.807, 2.05) is 6.92 Å². The summed E-state index contributed by atoms with van der Waals surface area (Å²) in [5, 5.41) is 17.0. The fraction of sp³-hybridized carbons (Fsp3) is 0.542. The van der Waals surface area contributed by atoms with Crippen LogP contribution in [0.2, 0.25) is 0 Å². The Morgan fingerprint density at radius 2 is 1.94 bits per heavy atom. The summed E-state index contributed by atoms with van der Waals surface area (Å²) in [6.07, 6.45) is 3.83. The lowest BCUT2D eigenvalue weighted by Gasteiger charge is -2.32. The fourth-order valence-corrected chi connectivity index (χ4v) is 4.43. The van der Waals surface area contributed by atoms with E-state index in [4.69, 9.17) is 0 Å². The molecular weight excluding hydrogens is 404 g/mol. The van der Waals surface area contributed by atoms with Crippen LogP contribution in [0.25, 0.3) is 0 Å². The van der Waals surface area contributed by atoms with Crippen molar-refractivity contribution in [2.45, 2.75) is 50.9 Å². The number of anilines is 1. The summed E-state index contributed by atoms with van der Waals surface area (Å²) in [6.45, 7) is 6.18. The molecule has 2 aliphatic rings. The summed E-state index contributed by atoms with van der Waals surface area (Å²) in [4.78, 5) is 25.7. The van der Waals surface area contributed by atoms with Gasteiger partial charge in [-0.05, 0) is 57.5 Å². The van der Waals surface area contributed by atoms with Crippen LogP contribution in [0.3, 0.4) is 0 Å². The van der Waals surface area contributed by atoms with Crippen LogP contribution in [-0.2, 0) is 13.0 Å². The maximum Gasteiger partial charge on any atom is 0.270 e. The molecule has 1 aromatic heterocycles. The van der Waals surface area contributed by atoms with Crippen LogP contribution in [0.5, 0.6) is 0 Å². The van der Waals surface area contributed by atoms with Crippen molar-refractivity contribution in [3.8, 4) is 0 Å². The highest BCUT2D eigenvalue weighted by atomic mass is 16.3. The number of rotatable bonds is 7. The minimum Gasteiger partial charge on any atom is -0.390 e. The van der Waals surface area contributed by atoms with Gasteiger partial charge in [-0.25, -0.2) is 9.97 Å². The number of nitrogens with zero attached hydrogens (tertiary/aromatic N) is 4. The van der Waals surface area contributed by atoms with Crippen LogP contribution in [-0.4, -0.2) is 82.2 Å². The number of hydrogen-bond donors (Lipinski definition) is 3. The molecule has 0 radical (unpaired) electrons. The summed E-state index contributed by atoms with van der Waals surface area (Å²) in [5.41, 5.74) is 3.00. The Kier molecular flexibility index (Phi) is 7.34. The average molecular weight is 439 g/mol. The van der Waals surface area contributed by atoms with Gasteiger partial charge >= 0.3 is 0 Å². The van der Waals surface area contributed by atoms with Crippen molar-refractivity contribution < 1.29 is 9.90 Å². The molecule has 0 saturated carbocycles. The van der Waals surface area contributed by atoms with Crippen LogP contribution in [0.15, 0.2) is 36.7 Å². The van der Waals surface area contributed by atoms with Gasteiger partial charge in [-0.2, -0.15) is 0 Å². The molecule has 2 atom stereocenters. The third-order valence-corrected chi connectivity index (χ3v) is 6.56. The minimum atomic E-state index is -0.664. The Morgan fingerprint density at radius 3 is 2.72 bits per heavy atom. The molecule has 2 aliphatic heterocycles. The van der Waals surface area contributed by atoms with Crippen LogP contribution in [0.1, 0.15) is 41.4 Å². The average Bonchev–Trinajstić information content (AvgIpc) is 2.80. The van der Waals surface area contributed by atoms with E-state index in [-0.39, 0.29) is 11.9 Å². The standard InChI is InChI=1S/C24H34N6O2/c1-17(22(31)15-30-12-7-18-5-3-4-6-19(18)14-30)27-24(32)21-13-23(26-16-25-21)28-20-8-10-29(2)11-9-20/h3-6,13,16-17,20,22,31H,7-12,14-15H2,1-2H3,(H,27,32)(H,25,26,28). The summed E-state index contributed by atoms with van der Waals surface area (Å²) < 4.78 is 0. The molecule has 3 N–H and O–H groups in total. The summed E-state index contributed by atoms with van der Waals surface area (Å²) in [5.74, 6) is 0.370. The maximum absolute atomic E-state index is 12.7. The molecule has 0 bridgehead atoms. The Bertz CT molecular complexity index is 915. The first-order valence-corrected chi connectivity index (χ1v) is 11.5. The second-order valence-corrected chi connectivity index (χ2v) is 9.09. The quantitative estimate of drug-likeness (QED) is 0.603. The Labute approximate surface area is 190 Å². The molecule has 0 spiro atoms. The number of nitrogens with one attached hydrogen (secondary N) is 2. The van der Waals surface area contributed by atoms with Gasteiger partial charge in [-0.15, -0.1) is 0 Å². The van der Waals surface area contributed by atoms with Gasteiger partial charge in [0.15, 0.2) is 0 Å². The van der Waals surface area contributed by atoms with Gasteiger partial charge in [0, 0.05) is 31.7 Å². The lowest BCUT2D eigenvalue weighted by atomic mass is 9.99. The molecule has 1 saturated heterocycles. The highest BCUT2D eigenvalue weighted by Crippen LogP contribution is 2.19. The number of benzene rings is 1. The predicted octanol–water partition coefficient (Wildman–Crippen LogP) is 1.52. The van der Waals surface area contributed by atoms with Gasteiger partial charge in [0.25, 0.3) is 5.91 Å². The van der Waals surface area contributed by atoms with E-state index in [1.165, 1.54) is 17.5 Å². The lowest BCUT2D eigenvalue weighted by Crippen LogP contribution is -2.47. The lowest BCUT2D eigenvalue weighted by molar-refractivity contribution is 0.0681. The number of piperidine rings is 1. The van der Waals surface area contributed by atoms with Gasteiger partial charge in [0.1, 0.15) is 17.8 Å². The molecular formula is C24H34N6O2. The maximum atomic E-state index is 12.7. The Balaban J connectivity index is 1.28. The number of amides is 1. The molecule has 8 nitrogen and oxygen atoms in total. The van der Waals surface area contributed by atoms with E-state index in [2.05, 4.69) is 61.7 Å². The summed E-state index contributed by atoms with van der Waals surface area (Å²) in [6, 6.07) is 10.1. The zero-order chi connectivity index (χ0) is 22.5. The van der Waals surface area contributed by atoms with Gasteiger partial charge in [0.2, 0.25) is 0 Å². The molecule has 1 amide bonds. The van der Waals surface area contributed by atoms with Crippen molar-refractivity contribution in [2.24, 2.45) is 0 Å². The highest BCUT2D eigenvalue weighted by Gasteiger charge is 2.24. The number of likely N-dealkylation sites (tertiary alicyclic amines) is 1. The predicted molar refractivity (Wildman–Crippen MR) is 125 cm³/mol. The molecule has 2 unspecified atom stereocenters. The van der Waals surface area contributed by atoms with Crippen molar-refractivity contribution in [3.05, 3.63) is 53.5 Å². The number of carbonyl (C=O) groups excluding carboxylic acids is 1. The van der Waals surface area contributed by atoms with E-state index in [0.29, 0.717) is 24.1 Å². The molecule has 1 aromatic carbocycles. The molecule has 8 heteroatoms. The topological polar surface area (TPSA) is 93.6 Å². The van der Waals surface area contributed by atoms with Crippen molar-refractivity contribution in [1.29, 1.82) is 0 Å². The second-order valence-electron chi connectivity index (χ2n) is 9.09. The minimum absolute atomic E-state index is 0.297. The Morgan fingerprint density at radius 1 is 1.19 bits per heavy atom. The summed E-state index contributed by atoms with van der Waals surface area (Å²) in [7, 11) is 2.13. The largest absolute Gasteiger partial charge is 0.390 e. The van der Waals surface area contributed by atoms with Crippen molar-refractivity contribution in [1.82, 2.24) is 25.1 Å². The van der Waals surface area contributed by atoms with E-state index < -0.39 is 6.10 Å². The first-order chi connectivity index (χ1) is 15.5. The van der Waals surface area contributed by atoms with Crippen LogP contribution in [0.4, 0.5) is 5.82 Å². The number of carbonyl (C=O) groups is 1. The second kappa shape index (κ2) is 10.4. The first kappa shape index (κ1) is 22.6. The van der Waals surface area contributed by atoms with Crippen molar-refractivity contribution in [3.63, 3.8) is 0 Å². The van der Waals surface area contributed by atoms with E-state index in [0.717, 1.165) is 45.4 Å². The molecule has 32 heavy (non-hydrogen) atoms. The highest BCUT2D eigenvalue weighted by molar-refractivity contribution is 5.93. The number of hydrogen-bond acceptors (Lipinski definition) is 7. The number of aliphatic hydroxyl groups is 1. The van der Waals surface area contributed by atoms with Gasteiger partial charge in [0.05, 0.1) is 12.1 Å². The van der Waals surface area contributed by atoms with E-state index >= 15 is 0 Å². The molecule has 0 aliphatic carbocycles. The Hall–Kier alpha value is -2.55. The molecule has 4 rings (SSSR count). The number of β-amino-alcohol motifs (C(OH)–C–C–N with tert-alkyl or cyclic N) is 1. The number of fused-ring (bicyclic) bond motifs is 1. The van der Waals surface area contributed by atoms with E-state index in [1.54, 1.807) is 6.07 Å². The van der Waals surface area contributed by atoms with E-state index in [9.17, 15) is 9.90 Å². The molecule has 172 valence electrons. The number of aliphatic hydroxyl groups excluding tert-OH is 1. The zero-order valence-corrected chi connectivity index (χ0v) is 19.0. The van der Waals surface area contributed by atoms with Crippen LogP contribution >= 0.6 is 0 Å². The molecule has 1 fully saturated rings. The molecule has 2 aromatic rings. The van der Waals surface area contributed by atoms with Crippen LogP contribution in [0, 0.1) is 0 Å². The third kappa shape index (κ3) is 5.82. The summed E-state index contributed by atoms with van der Waals surface area (Å²) >= 11 is 0. The number of aromatic nitrogens is 2. The SMILES string of the molecule is CC(NC(=O)c1cc(NC2CCN(C)CC2)ncn1)C(O)CN1CCc2ccccc2C1. The smallest absolute Gasteiger partial charge is 0.270 e.